The summed E-state index contributed by atoms with van der Waals surface area (Å²) < 4.78 is 22.1. The lowest BCUT2D eigenvalue weighted by molar-refractivity contribution is -0.991. The van der Waals surface area contributed by atoms with Gasteiger partial charge in [-0.1, -0.05) is 6.07 Å². The van der Waals surface area contributed by atoms with Crippen molar-refractivity contribution in [1.29, 1.82) is 0 Å². The minimum Gasteiger partial charge on any atom is -0.595 e. The molecule has 0 saturated carbocycles. The van der Waals surface area contributed by atoms with Crippen LogP contribution in [0.25, 0.3) is 11.0 Å². The fourth-order valence-corrected chi connectivity index (χ4v) is 2.95. The van der Waals surface area contributed by atoms with Crippen molar-refractivity contribution >= 4 is 16.7 Å². The highest BCUT2D eigenvalue weighted by Gasteiger charge is 2.11. The van der Waals surface area contributed by atoms with Crippen LogP contribution in [-0.2, 0) is 6.61 Å². The minimum atomic E-state index is -0.980. The van der Waals surface area contributed by atoms with Crippen molar-refractivity contribution in [2.24, 2.45) is 0 Å². The molecule has 0 fully saturated rings. The largest absolute Gasteiger partial charge is 0.595 e. The minimum absolute atomic E-state index is 0.0629. The highest BCUT2D eigenvalue weighted by Crippen LogP contribution is 2.26. The predicted octanol–water partition coefficient (Wildman–Crippen LogP) is 3.58. The number of quaternary nitrogens is 1. The molecule has 2 N–H and O–H groups in total. The van der Waals surface area contributed by atoms with Crippen molar-refractivity contribution in [3.8, 4) is 23.0 Å². The molecular weight excluding hydrogens is 402 g/mol. The van der Waals surface area contributed by atoms with Gasteiger partial charge < -0.3 is 23.8 Å². The van der Waals surface area contributed by atoms with Crippen molar-refractivity contribution in [3.05, 3.63) is 94.0 Å². The second-order valence-corrected chi connectivity index (χ2v) is 6.66. The third kappa shape index (κ3) is 4.67. The number of hydrogen-bond acceptors (Lipinski definition) is 7. The Morgan fingerprint density at radius 2 is 1.77 bits per heavy atom. The first-order chi connectivity index (χ1) is 15.0. The van der Waals surface area contributed by atoms with E-state index in [4.69, 9.17) is 23.8 Å². The van der Waals surface area contributed by atoms with Gasteiger partial charge in [0.15, 0.2) is 5.69 Å². The van der Waals surface area contributed by atoms with E-state index in [1.54, 1.807) is 61.7 Å². The molecule has 158 valence electrons. The van der Waals surface area contributed by atoms with Gasteiger partial charge in [0.1, 0.15) is 35.7 Å². The van der Waals surface area contributed by atoms with Gasteiger partial charge in [-0.15, -0.1) is 0 Å². The summed E-state index contributed by atoms with van der Waals surface area (Å²) in [5.41, 5.74) is 1.08. The Bertz CT molecular complexity index is 1250. The summed E-state index contributed by atoms with van der Waals surface area (Å²) in [7, 11) is 1.55. The quantitative estimate of drug-likeness (QED) is 0.440. The van der Waals surface area contributed by atoms with Crippen LogP contribution in [0.3, 0.4) is 0 Å². The zero-order chi connectivity index (χ0) is 21.8. The molecule has 1 unspecified atom stereocenters. The zero-order valence-electron chi connectivity index (χ0n) is 16.5. The maximum atomic E-state index is 12.8. The Labute approximate surface area is 177 Å². The van der Waals surface area contributed by atoms with Crippen LogP contribution in [0.1, 0.15) is 5.56 Å². The van der Waals surface area contributed by atoms with Gasteiger partial charge in [-0.05, 0) is 42.0 Å². The van der Waals surface area contributed by atoms with E-state index in [2.05, 4.69) is 0 Å². The Morgan fingerprint density at radius 3 is 2.52 bits per heavy atom. The Kier molecular flexibility index (Phi) is 5.85. The molecule has 3 aromatic carbocycles. The Hall–Kier alpha value is -3.85. The van der Waals surface area contributed by atoms with E-state index in [9.17, 15) is 10.0 Å². The predicted molar refractivity (Wildman–Crippen MR) is 112 cm³/mol. The molecule has 8 heteroatoms. The monoisotopic (exact) mass is 421 g/mol. The molecular formula is C23H19NO7. The van der Waals surface area contributed by atoms with Crippen molar-refractivity contribution in [3.63, 3.8) is 0 Å². The van der Waals surface area contributed by atoms with Crippen molar-refractivity contribution in [2.45, 2.75) is 6.61 Å². The maximum absolute atomic E-state index is 12.8. The summed E-state index contributed by atoms with van der Waals surface area (Å²) in [6.45, 7) is 0.243. The van der Waals surface area contributed by atoms with Crippen LogP contribution in [0.15, 0.2) is 82.2 Å². The van der Waals surface area contributed by atoms with Gasteiger partial charge in [-0.3, -0.25) is 4.79 Å². The standard InChI is InChI=1S/C23H19NO7/c1-28-17-3-2-4-19(11-17)31-22-14-30-21-12-18(9-10-20(21)23(22)25)29-13-15-5-7-16(8-6-15)24(26)27/h2-12,14,24,26H,13H2,1H3. The van der Waals surface area contributed by atoms with Crippen molar-refractivity contribution in [1.82, 2.24) is 0 Å². The molecule has 0 radical (unpaired) electrons. The Balaban J connectivity index is 1.50. The summed E-state index contributed by atoms with van der Waals surface area (Å²) in [6, 6.07) is 18.2. The highest BCUT2D eigenvalue weighted by molar-refractivity contribution is 5.79. The van der Waals surface area contributed by atoms with Gasteiger partial charge in [0, 0.05) is 24.3 Å². The second-order valence-electron chi connectivity index (χ2n) is 6.66. The lowest BCUT2D eigenvalue weighted by Gasteiger charge is -2.12. The summed E-state index contributed by atoms with van der Waals surface area (Å²) in [6.07, 6.45) is 1.26. The van der Waals surface area contributed by atoms with Crippen LogP contribution in [0.4, 0.5) is 5.69 Å². The summed E-state index contributed by atoms with van der Waals surface area (Å²) in [5.74, 6) is 1.65. The van der Waals surface area contributed by atoms with E-state index in [0.29, 0.717) is 28.2 Å². The first-order valence-electron chi connectivity index (χ1n) is 9.36. The first kappa shape index (κ1) is 20.4. The van der Waals surface area contributed by atoms with Crippen LogP contribution < -0.4 is 24.9 Å². The average molecular weight is 421 g/mol. The van der Waals surface area contributed by atoms with Crippen LogP contribution in [0.5, 0.6) is 23.0 Å². The number of fused-ring (bicyclic) bond motifs is 1. The van der Waals surface area contributed by atoms with E-state index in [1.807, 2.05) is 0 Å². The molecule has 0 saturated heterocycles. The number of ether oxygens (including phenoxy) is 3. The summed E-state index contributed by atoms with van der Waals surface area (Å²) in [5, 5.41) is 19.2. The lowest BCUT2D eigenvalue weighted by atomic mass is 10.2. The molecule has 1 aromatic heterocycles. The Morgan fingerprint density at radius 1 is 1.00 bits per heavy atom. The fraction of sp³-hybridized carbons (Fsp3) is 0.0870. The SMILES string of the molecule is COc1cccc(Oc2coc3cc(OCc4ccc([NH+]([O-])O)cc4)ccc3c2=O)c1. The molecule has 0 bridgehead atoms. The molecule has 0 amide bonds. The molecule has 0 aliphatic heterocycles. The first-order valence-corrected chi connectivity index (χ1v) is 9.36. The van der Waals surface area contributed by atoms with E-state index in [0.717, 1.165) is 5.56 Å². The molecule has 4 rings (SSSR count). The molecule has 0 aliphatic rings. The number of rotatable bonds is 7. The molecule has 1 atom stereocenters. The maximum Gasteiger partial charge on any atom is 0.235 e. The molecule has 31 heavy (non-hydrogen) atoms. The fourth-order valence-electron chi connectivity index (χ4n) is 2.95. The van der Waals surface area contributed by atoms with Crippen LogP contribution >= 0.6 is 0 Å². The van der Waals surface area contributed by atoms with Gasteiger partial charge in [0.25, 0.3) is 0 Å². The topological polar surface area (TPSA) is 106 Å². The second kappa shape index (κ2) is 8.88. The third-order valence-corrected chi connectivity index (χ3v) is 4.59. The van der Waals surface area contributed by atoms with E-state index in [-0.39, 0.29) is 23.5 Å². The molecule has 1 heterocycles. The highest BCUT2D eigenvalue weighted by atomic mass is 16.8. The molecule has 0 spiro atoms. The lowest BCUT2D eigenvalue weighted by Crippen LogP contribution is -2.99. The molecule has 4 aromatic rings. The molecule has 8 nitrogen and oxygen atoms in total. The summed E-state index contributed by atoms with van der Waals surface area (Å²) in [4.78, 5) is 12.8. The van der Waals surface area contributed by atoms with Crippen LogP contribution in [-0.4, -0.2) is 12.3 Å². The van der Waals surface area contributed by atoms with Crippen LogP contribution in [0.2, 0.25) is 0 Å². The normalized spacial score (nSPS) is 11.8. The van der Waals surface area contributed by atoms with E-state index < -0.39 is 5.23 Å². The van der Waals surface area contributed by atoms with Gasteiger partial charge in [0.05, 0.1) is 12.5 Å². The summed E-state index contributed by atoms with van der Waals surface area (Å²) >= 11 is 0. The van der Waals surface area contributed by atoms with E-state index >= 15 is 0 Å². The molecule has 0 aliphatic carbocycles. The van der Waals surface area contributed by atoms with Gasteiger partial charge in [-0.25, -0.2) is 5.21 Å². The van der Waals surface area contributed by atoms with Gasteiger partial charge in [-0.2, -0.15) is 5.23 Å². The van der Waals surface area contributed by atoms with Crippen molar-refractivity contribution in [2.75, 3.05) is 7.11 Å². The average Bonchev–Trinajstić information content (AvgIpc) is 2.80. The number of nitrogens with one attached hydrogen (secondary N) is 1. The smallest absolute Gasteiger partial charge is 0.235 e. The number of hydrogen-bond donors (Lipinski definition) is 2. The third-order valence-electron chi connectivity index (χ3n) is 4.59. The number of methoxy groups -OCH3 is 1. The number of benzene rings is 3. The van der Waals surface area contributed by atoms with E-state index in [1.165, 1.54) is 18.4 Å². The van der Waals surface area contributed by atoms with Gasteiger partial charge >= 0.3 is 0 Å². The van der Waals surface area contributed by atoms with Crippen LogP contribution in [0, 0.1) is 5.21 Å². The zero-order valence-corrected chi connectivity index (χ0v) is 16.5. The van der Waals surface area contributed by atoms with Gasteiger partial charge in [0.2, 0.25) is 11.2 Å². The van der Waals surface area contributed by atoms with Crippen molar-refractivity contribution < 1.29 is 29.1 Å².